The Morgan fingerprint density at radius 2 is 2.17 bits per heavy atom. The molecule has 0 bridgehead atoms. The molecule has 2 atom stereocenters. The zero-order valence-corrected chi connectivity index (χ0v) is 11.1. The number of rotatable bonds is 3. The van der Waals surface area contributed by atoms with Crippen LogP contribution in [-0.4, -0.2) is 18.5 Å². The van der Waals surface area contributed by atoms with Gasteiger partial charge < -0.3 is 11.1 Å². The Morgan fingerprint density at radius 1 is 1.39 bits per heavy atom. The molecule has 3 nitrogen and oxygen atoms in total. The maximum atomic E-state index is 12.1. The molecule has 0 aromatic heterocycles. The molecule has 1 amide bonds. The predicted octanol–water partition coefficient (Wildman–Crippen LogP) is 2.59. The van der Waals surface area contributed by atoms with E-state index >= 15 is 0 Å². The van der Waals surface area contributed by atoms with E-state index in [0.717, 1.165) is 19.3 Å². The van der Waals surface area contributed by atoms with Crippen molar-refractivity contribution in [2.75, 3.05) is 6.54 Å². The average Bonchev–Trinajstić information content (AvgIpc) is 2.39. The van der Waals surface area contributed by atoms with Gasteiger partial charge in [0.1, 0.15) is 0 Å². The van der Waals surface area contributed by atoms with E-state index in [1.807, 2.05) is 0 Å². The molecule has 0 aliphatic heterocycles. The van der Waals surface area contributed by atoms with Crippen LogP contribution in [0.25, 0.3) is 0 Å². The molecule has 2 rings (SSSR count). The SMILES string of the molecule is NCC1CCCCC1NC(=O)c1cccc(Cl)c1. The molecule has 4 heteroatoms. The monoisotopic (exact) mass is 266 g/mol. The first-order chi connectivity index (χ1) is 8.70. The highest BCUT2D eigenvalue weighted by atomic mass is 35.5. The largest absolute Gasteiger partial charge is 0.349 e. The van der Waals surface area contributed by atoms with Gasteiger partial charge in [-0.2, -0.15) is 0 Å². The van der Waals surface area contributed by atoms with Crippen LogP contribution in [0.4, 0.5) is 0 Å². The highest BCUT2D eigenvalue weighted by Crippen LogP contribution is 2.24. The smallest absolute Gasteiger partial charge is 0.251 e. The Bertz CT molecular complexity index is 422. The van der Waals surface area contributed by atoms with E-state index in [-0.39, 0.29) is 11.9 Å². The second-order valence-corrected chi connectivity index (χ2v) is 5.31. The summed E-state index contributed by atoms with van der Waals surface area (Å²) in [5.41, 5.74) is 6.37. The lowest BCUT2D eigenvalue weighted by Crippen LogP contribution is -2.44. The molecule has 0 saturated heterocycles. The summed E-state index contributed by atoms with van der Waals surface area (Å²) >= 11 is 5.89. The maximum Gasteiger partial charge on any atom is 0.251 e. The number of hydrogen-bond donors (Lipinski definition) is 2. The van der Waals surface area contributed by atoms with Crippen LogP contribution in [0, 0.1) is 5.92 Å². The summed E-state index contributed by atoms with van der Waals surface area (Å²) in [6, 6.07) is 7.23. The summed E-state index contributed by atoms with van der Waals surface area (Å²) in [7, 11) is 0. The van der Waals surface area contributed by atoms with Gasteiger partial charge in [-0.25, -0.2) is 0 Å². The number of halogens is 1. The summed E-state index contributed by atoms with van der Waals surface area (Å²) < 4.78 is 0. The normalized spacial score (nSPS) is 23.7. The fourth-order valence-corrected chi connectivity index (χ4v) is 2.75. The van der Waals surface area contributed by atoms with Crippen LogP contribution in [0.15, 0.2) is 24.3 Å². The summed E-state index contributed by atoms with van der Waals surface area (Å²) in [4.78, 5) is 12.1. The van der Waals surface area contributed by atoms with Crippen molar-refractivity contribution in [2.24, 2.45) is 11.7 Å². The van der Waals surface area contributed by atoms with Gasteiger partial charge in [0.15, 0.2) is 0 Å². The Morgan fingerprint density at radius 3 is 2.89 bits per heavy atom. The first-order valence-corrected chi connectivity index (χ1v) is 6.85. The summed E-state index contributed by atoms with van der Waals surface area (Å²) in [5.74, 6) is 0.352. The zero-order chi connectivity index (χ0) is 13.0. The van der Waals surface area contributed by atoms with E-state index in [2.05, 4.69) is 5.32 Å². The predicted molar refractivity (Wildman–Crippen MR) is 73.7 cm³/mol. The first kappa shape index (κ1) is 13.4. The lowest BCUT2D eigenvalue weighted by Gasteiger charge is -2.31. The van der Waals surface area contributed by atoms with Crippen molar-refractivity contribution < 1.29 is 4.79 Å². The molecule has 0 heterocycles. The molecule has 1 aliphatic carbocycles. The minimum Gasteiger partial charge on any atom is -0.349 e. The van der Waals surface area contributed by atoms with Crippen LogP contribution in [0.5, 0.6) is 0 Å². The highest BCUT2D eigenvalue weighted by molar-refractivity contribution is 6.30. The van der Waals surface area contributed by atoms with Gasteiger partial charge in [0.25, 0.3) is 5.91 Å². The topological polar surface area (TPSA) is 55.1 Å². The molecular weight excluding hydrogens is 248 g/mol. The van der Waals surface area contributed by atoms with Crippen LogP contribution in [0.1, 0.15) is 36.0 Å². The van der Waals surface area contributed by atoms with Crippen molar-refractivity contribution in [3.05, 3.63) is 34.9 Å². The number of nitrogens with one attached hydrogen (secondary N) is 1. The molecule has 1 aliphatic rings. The van der Waals surface area contributed by atoms with E-state index in [9.17, 15) is 4.79 Å². The van der Waals surface area contributed by atoms with E-state index in [0.29, 0.717) is 23.0 Å². The van der Waals surface area contributed by atoms with Crippen LogP contribution in [0.2, 0.25) is 5.02 Å². The number of amides is 1. The molecule has 0 spiro atoms. The Hall–Kier alpha value is -1.06. The lowest BCUT2D eigenvalue weighted by molar-refractivity contribution is 0.0908. The maximum absolute atomic E-state index is 12.1. The molecular formula is C14H19ClN2O. The van der Waals surface area contributed by atoms with Crippen LogP contribution in [0.3, 0.4) is 0 Å². The van der Waals surface area contributed by atoms with Crippen LogP contribution in [-0.2, 0) is 0 Å². The standard InChI is InChI=1S/C14H19ClN2O/c15-12-6-3-5-10(8-12)14(18)17-13-7-2-1-4-11(13)9-16/h3,5-6,8,11,13H,1-2,4,7,9,16H2,(H,17,18). The van der Waals surface area contributed by atoms with Crippen molar-refractivity contribution in [1.82, 2.24) is 5.32 Å². The second kappa shape index (κ2) is 6.21. The van der Waals surface area contributed by atoms with Gasteiger partial charge in [0.2, 0.25) is 0 Å². The molecule has 1 saturated carbocycles. The molecule has 3 N–H and O–H groups in total. The number of carbonyl (C=O) groups excluding carboxylic acids is 1. The Balaban J connectivity index is 2.02. The number of carbonyl (C=O) groups is 1. The van der Waals surface area contributed by atoms with Gasteiger partial charge in [0, 0.05) is 16.6 Å². The average molecular weight is 267 g/mol. The quantitative estimate of drug-likeness (QED) is 0.884. The fourth-order valence-electron chi connectivity index (χ4n) is 2.56. The highest BCUT2D eigenvalue weighted by Gasteiger charge is 2.25. The van der Waals surface area contributed by atoms with E-state index in [1.54, 1.807) is 24.3 Å². The molecule has 1 fully saturated rings. The van der Waals surface area contributed by atoms with Gasteiger partial charge in [-0.1, -0.05) is 30.5 Å². The summed E-state index contributed by atoms with van der Waals surface area (Å²) in [6.07, 6.45) is 4.51. The molecule has 18 heavy (non-hydrogen) atoms. The van der Waals surface area contributed by atoms with Gasteiger partial charge in [-0.05, 0) is 43.5 Å². The molecule has 1 aromatic carbocycles. The van der Waals surface area contributed by atoms with E-state index in [4.69, 9.17) is 17.3 Å². The van der Waals surface area contributed by atoms with Gasteiger partial charge in [-0.15, -0.1) is 0 Å². The third-order valence-electron chi connectivity index (χ3n) is 3.62. The molecule has 2 unspecified atom stereocenters. The third-order valence-corrected chi connectivity index (χ3v) is 3.85. The summed E-state index contributed by atoms with van der Waals surface area (Å²) in [5, 5.41) is 3.67. The van der Waals surface area contributed by atoms with Crippen molar-refractivity contribution in [2.45, 2.75) is 31.7 Å². The Kier molecular flexibility index (Phi) is 4.61. The number of hydrogen-bond acceptors (Lipinski definition) is 2. The minimum absolute atomic E-state index is 0.0529. The van der Waals surface area contributed by atoms with E-state index < -0.39 is 0 Å². The van der Waals surface area contributed by atoms with Crippen molar-refractivity contribution >= 4 is 17.5 Å². The first-order valence-electron chi connectivity index (χ1n) is 6.47. The van der Waals surface area contributed by atoms with Crippen molar-refractivity contribution in [3.8, 4) is 0 Å². The van der Waals surface area contributed by atoms with Crippen LogP contribution >= 0.6 is 11.6 Å². The minimum atomic E-state index is -0.0529. The van der Waals surface area contributed by atoms with Gasteiger partial charge >= 0.3 is 0 Å². The molecule has 1 aromatic rings. The van der Waals surface area contributed by atoms with E-state index in [1.165, 1.54) is 6.42 Å². The summed E-state index contributed by atoms with van der Waals surface area (Å²) in [6.45, 7) is 0.639. The zero-order valence-electron chi connectivity index (χ0n) is 10.4. The third kappa shape index (κ3) is 3.24. The number of benzene rings is 1. The van der Waals surface area contributed by atoms with Crippen molar-refractivity contribution in [3.63, 3.8) is 0 Å². The van der Waals surface area contributed by atoms with Gasteiger partial charge in [-0.3, -0.25) is 4.79 Å². The number of nitrogens with two attached hydrogens (primary N) is 1. The second-order valence-electron chi connectivity index (χ2n) is 4.87. The van der Waals surface area contributed by atoms with Crippen LogP contribution < -0.4 is 11.1 Å². The van der Waals surface area contributed by atoms with Crippen molar-refractivity contribution in [1.29, 1.82) is 0 Å². The Labute approximate surface area is 113 Å². The lowest BCUT2D eigenvalue weighted by atomic mass is 9.84. The molecule has 0 radical (unpaired) electrons. The van der Waals surface area contributed by atoms with Gasteiger partial charge in [0.05, 0.1) is 0 Å². The fraction of sp³-hybridized carbons (Fsp3) is 0.500. The molecule has 98 valence electrons.